The van der Waals surface area contributed by atoms with Crippen molar-refractivity contribution in [2.45, 2.75) is 39.3 Å². The van der Waals surface area contributed by atoms with Crippen LogP contribution in [0.2, 0.25) is 0 Å². The summed E-state index contributed by atoms with van der Waals surface area (Å²) in [6.45, 7) is 6.71. The first kappa shape index (κ1) is 13.6. The quantitative estimate of drug-likeness (QED) is 0.908. The van der Waals surface area contributed by atoms with Crippen LogP contribution >= 0.6 is 11.3 Å². The van der Waals surface area contributed by atoms with Gasteiger partial charge in [0.15, 0.2) is 0 Å². The van der Waals surface area contributed by atoms with Gasteiger partial charge in [-0.15, -0.1) is 11.3 Å². The molecule has 0 aliphatic carbocycles. The summed E-state index contributed by atoms with van der Waals surface area (Å²) in [5.74, 6) is 0.423. The van der Waals surface area contributed by atoms with Crippen LogP contribution in [0.25, 0.3) is 0 Å². The van der Waals surface area contributed by atoms with Gasteiger partial charge in [-0.25, -0.2) is 0 Å². The lowest BCUT2D eigenvalue weighted by Crippen LogP contribution is -2.45. The molecule has 3 nitrogen and oxygen atoms in total. The molecule has 1 N–H and O–H groups in total. The Hall–Kier alpha value is -0.870. The van der Waals surface area contributed by atoms with Crippen molar-refractivity contribution in [3.8, 4) is 0 Å². The maximum Gasteiger partial charge on any atom is 0.225 e. The zero-order chi connectivity index (χ0) is 13.0. The van der Waals surface area contributed by atoms with E-state index < -0.39 is 0 Å². The van der Waals surface area contributed by atoms with E-state index in [1.165, 1.54) is 4.88 Å². The maximum absolute atomic E-state index is 11.9. The number of hydrogen-bond donors (Lipinski definition) is 1. The topological polar surface area (TPSA) is 32.3 Å². The van der Waals surface area contributed by atoms with Crippen LogP contribution in [-0.2, 0) is 11.3 Å². The van der Waals surface area contributed by atoms with Gasteiger partial charge in [-0.1, -0.05) is 19.9 Å². The van der Waals surface area contributed by atoms with Gasteiger partial charge in [0.05, 0.1) is 0 Å². The van der Waals surface area contributed by atoms with Crippen molar-refractivity contribution in [1.29, 1.82) is 0 Å². The molecule has 1 aliphatic rings. The maximum atomic E-state index is 11.9. The number of nitrogens with zero attached hydrogens (tertiary/aromatic N) is 1. The number of piperidine rings is 1. The minimum atomic E-state index is 0.126. The normalized spacial score (nSPS) is 17.4. The fourth-order valence-corrected chi connectivity index (χ4v) is 2.98. The smallest absolute Gasteiger partial charge is 0.225 e. The Balaban J connectivity index is 1.72. The Labute approximate surface area is 113 Å². The fraction of sp³-hybridized carbons (Fsp3) is 0.643. The SMILES string of the molecule is CC(C)C(=O)N1CCC(NCc2cccs2)CC1. The summed E-state index contributed by atoms with van der Waals surface area (Å²) in [5, 5.41) is 5.70. The summed E-state index contributed by atoms with van der Waals surface area (Å²) in [5.41, 5.74) is 0. The van der Waals surface area contributed by atoms with E-state index >= 15 is 0 Å². The van der Waals surface area contributed by atoms with E-state index in [4.69, 9.17) is 0 Å². The van der Waals surface area contributed by atoms with Gasteiger partial charge >= 0.3 is 0 Å². The molecular formula is C14H22N2OS. The van der Waals surface area contributed by atoms with Gasteiger partial charge in [-0.3, -0.25) is 4.79 Å². The van der Waals surface area contributed by atoms with Gasteiger partial charge in [-0.2, -0.15) is 0 Å². The average Bonchev–Trinajstić information content (AvgIpc) is 2.89. The van der Waals surface area contributed by atoms with Gasteiger partial charge in [-0.05, 0) is 24.3 Å². The third-order valence-corrected chi connectivity index (χ3v) is 4.32. The number of thiophene rings is 1. The number of likely N-dealkylation sites (tertiary alicyclic amines) is 1. The molecule has 1 aromatic rings. The highest BCUT2D eigenvalue weighted by Gasteiger charge is 2.23. The third-order valence-electron chi connectivity index (χ3n) is 3.45. The Kier molecular flexibility index (Phi) is 4.78. The van der Waals surface area contributed by atoms with Gasteiger partial charge < -0.3 is 10.2 Å². The summed E-state index contributed by atoms with van der Waals surface area (Å²) in [4.78, 5) is 15.2. The summed E-state index contributed by atoms with van der Waals surface area (Å²) >= 11 is 1.79. The second-order valence-electron chi connectivity index (χ2n) is 5.21. The Morgan fingerprint density at radius 1 is 1.50 bits per heavy atom. The lowest BCUT2D eigenvalue weighted by molar-refractivity contribution is -0.135. The standard InChI is InChI=1S/C14H22N2OS/c1-11(2)14(17)16-7-5-12(6-8-16)15-10-13-4-3-9-18-13/h3-4,9,11-12,15H,5-8,10H2,1-2H3. The molecule has 0 saturated carbocycles. The fourth-order valence-electron chi connectivity index (χ4n) is 2.33. The summed E-state index contributed by atoms with van der Waals surface area (Å²) in [6, 6.07) is 4.81. The van der Waals surface area contributed by atoms with Crippen LogP contribution in [-0.4, -0.2) is 29.9 Å². The molecule has 0 bridgehead atoms. The minimum Gasteiger partial charge on any atom is -0.342 e. The number of carbonyl (C=O) groups is 1. The molecule has 2 rings (SSSR count). The molecule has 0 unspecified atom stereocenters. The lowest BCUT2D eigenvalue weighted by Gasteiger charge is -2.33. The molecule has 0 spiro atoms. The van der Waals surface area contributed by atoms with E-state index in [1.807, 2.05) is 18.7 Å². The summed E-state index contributed by atoms with van der Waals surface area (Å²) in [7, 11) is 0. The van der Waals surface area contributed by atoms with E-state index in [0.717, 1.165) is 32.5 Å². The Morgan fingerprint density at radius 2 is 2.22 bits per heavy atom. The van der Waals surface area contributed by atoms with Crippen LogP contribution in [0.4, 0.5) is 0 Å². The lowest BCUT2D eigenvalue weighted by atomic mass is 10.0. The molecule has 1 amide bonds. The molecule has 0 atom stereocenters. The molecule has 18 heavy (non-hydrogen) atoms. The van der Waals surface area contributed by atoms with Crippen molar-refractivity contribution in [2.24, 2.45) is 5.92 Å². The molecule has 100 valence electrons. The van der Waals surface area contributed by atoms with Gasteiger partial charge in [0.25, 0.3) is 0 Å². The van der Waals surface area contributed by atoms with E-state index in [2.05, 4.69) is 22.8 Å². The molecule has 2 heterocycles. The molecule has 1 saturated heterocycles. The van der Waals surface area contributed by atoms with Crippen LogP contribution in [0, 0.1) is 5.92 Å². The molecular weight excluding hydrogens is 244 g/mol. The second kappa shape index (κ2) is 6.34. The Morgan fingerprint density at radius 3 is 2.78 bits per heavy atom. The van der Waals surface area contributed by atoms with Crippen LogP contribution in [0.1, 0.15) is 31.6 Å². The predicted molar refractivity (Wildman–Crippen MR) is 75.6 cm³/mol. The van der Waals surface area contributed by atoms with Crippen molar-refractivity contribution in [1.82, 2.24) is 10.2 Å². The van der Waals surface area contributed by atoms with Crippen LogP contribution < -0.4 is 5.32 Å². The molecule has 0 aromatic carbocycles. The first-order valence-electron chi connectivity index (χ1n) is 6.71. The van der Waals surface area contributed by atoms with E-state index in [9.17, 15) is 4.79 Å². The monoisotopic (exact) mass is 266 g/mol. The molecule has 0 radical (unpaired) electrons. The van der Waals surface area contributed by atoms with Crippen molar-refractivity contribution < 1.29 is 4.79 Å². The minimum absolute atomic E-state index is 0.126. The predicted octanol–water partition coefficient (Wildman–Crippen LogP) is 2.48. The molecule has 1 fully saturated rings. The van der Waals surface area contributed by atoms with Gasteiger partial charge in [0, 0.05) is 36.5 Å². The van der Waals surface area contributed by atoms with Crippen molar-refractivity contribution in [3.05, 3.63) is 22.4 Å². The number of nitrogens with one attached hydrogen (secondary N) is 1. The third kappa shape index (κ3) is 3.56. The first-order valence-corrected chi connectivity index (χ1v) is 7.59. The number of carbonyl (C=O) groups excluding carboxylic acids is 1. The van der Waals surface area contributed by atoms with Crippen molar-refractivity contribution in [3.63, 3.8) is 0 Å². The van der Waals surface area contributed by atoms with Crippen molar-refractivity contribution >= 4 is 17.2 Å². The highest BCUT2D eigenvalue weighted by molar-refractivity contribution is 7.09. The van der Waals surface area contributed by atoms with Gasteiger partial charge in [0.2, 0.25) is 5.91 Å². The highest BCUT2D eigenvalue weighted by atomic mass is 32.1. The first-order chi connectivity index (χ1) is 8.66. The molecule has 4 heteroatoms. The zero-order valence-electron chi connectivity index (χ0n) is 11.2. The van der Waals surface area contributed by atoms with Gasteiger partial charge in [0.1, 0.15) is 0 Å². The van der Waals surface area contributed by atoms with Crippen molar-refractivity contribution in [2.75, 3.05) is 13.1 Å². The summed E-state index contributed by atoms with van der Waals surface area (Å²) < 4.78 is 0. The summed E-state index contributed by atoms with van der Waals surface area (Å²) in [6.07, 6.45) is 2.15. The highest BCUT2D eigenvalue weighted by Crippen LogP contribution is 2.15. The van der Waals surface area contributed by atoms with E-state index in [-0.39, 0.29) is 5.92 Å². The van der Waals surface area contributed by atoms with Crippen LogP contribution in [0.5, 0.6) is 0 Å². The second-order valence-corrected chi connectivity index (χ2v) is 6.25. The van der Waals surface area contributed by atoms with Crippen LogP contribution in [0.15, 0.2) is 17.5 Å². The van der Waals surface area contributed by atoms with E-state index in [0.29, 0.717) is 11.9 Å². The Bertz CT molecular complexity index is 367. The largest absolute Gasteiger partial charge is 0.342 e. The van der Waals surface area contributed by atoms with Crippen LogP contribution in [0.3, 0.4) is 0 Å². The molecule has 1 aliphatic heterocycles. The number of rotatable bonds is 4. The zero-order valence-corrected chi connectivity index (χ0v) is 12.0. The molecule has 1 aromatic heterocycles. The number of amides is 1. The van der Waals surface area contributed by atoms with E-state index in [1.54, 1.807) is 11.3 Å². The number of hydrogen-bond acceptors (Lipinski definition) is 3. The average molecular weight is 266 g/mol.